The van der Waals surface area contributed by atoms with E-state index in [1.807, 2.05) is 0 Å². The largest absolute Gasteiger partial charge is 0.493 e. The predicted octanol–water partition coefficient (Wildman–Crippen LogP) is 2.23. The lowest BCUT2D eigenvalue weighted by molar-refractivity contribution is -0.119. The van der Waals surface area contributed by atoms with Gasteiger partial charge in [0.25, 0.3) is 11.8 Å². The first-order valence-corrected chi connectivity index (χ1v) is 7.87. The molecule has 0 unspecified atom stereocenters. The van der Waals surface area contributed by atoms with Gasteiger partial charge in [-0.05, 0) is 25.0 Å². The molecule has 2 amide bonds. The van der Waals surface area contributed by atoms with Gasteiger partial charge in [-0.3, -0.25) is 9.59 Å². The van der Waals surface area contributed by atoms with Crippen molar-refractivity contribution >= 4 is 23.4 Å². The average molecular weight is 341 g/mol. The van der Waals surface area contributed by atoms with E-state index in [4.69, 9.17) is 26.8 Å². The molecule has 23 heavy (non-hydrogen) atoms. The summed E-state index contributed by atoms with van der Waals surface area (Å²) in [6.45, 7) is -0.314. The minimum Gasteiger partial charge on any atom is -0.493 e. The van der Waals surface area contributed by atoms with E-state index in [0.717, 1.165) is 25.7 Å². The second-order valence-electron chi connectivity index (χ2n) is 5.60. The van der Waals surface area contributed by atoms with Crippen LogP contribution in [-0.2, 0) is 4.79 Å². The first-order valence-electron chi connectivity index (χ1n) is 7.49. The second kappa shape index (κ2) is 7.55. The third-order valence-electron chi connectivity index (χ3n) is 4.03. The van der Waals surface area contributed by atoms with Gasteiger partial charge in [0.05, 0.1) is 12.1 Å². The van der Waals surface area contributed by atoms with Crippen LogP contribution in [-0.4, -0.2) is 43.5 Å². The molecule has 6 nitrogen and oxygen atoms in total. The number of halogens is 1. The lowest BCUT2D eigenvalue weighted by Crippen LogP contribution is -2.35. The van der Waals surface area contributed by atoms with Crippen LogP contribution in [0.5, 0.6) is 11.5 Å². The molecule has 0 atom stereocenters. The molecule has 0 aromatic heterocycles. The van der Waals surface area contributed by atoms with Crippen molar-refractivity contribution in [2.24, 2.45) is 5.73 Å². The van der Waals surface area contributed by atoms with E-state index >= 15 is 0 Å². The van der Waals surface area contributed by atoms with Crippen LogP contribution in [0.25, 0.3) is 0 Å². The lowest BCUT2D eigenvalue weighted by atomic mass is 10.1. The summed E-state index contributed by atoms with van der Waals surface area (Å²) in [7, 11) is 3.24. The zero-order valence-electron chi connectivity index (χ0n) is 13.3. The normalized spacial score (nSPS) is 14.6. The Bertz CT molecular complexity index is 600. The van der Waals surface area contributed by atoms with Crippen LogP contribution in [0.2, 0.25) is 5.02 Å². The number of carbonyl (C=O) groups is 2. The van der Waals surface area contributed by atoms with E-state index in [-0.39, 0.29) is 29.3 Å². The molecule has 1 aliphatic rings. The summed E-state index contributed by atoms with van der Waals surface area (Å²) >= 11 is 6.18. The summed E-state index contributed by atoms with van der Waals surface area (Å²) in [6.07, 6.45) is 4.33. The number of ether oxygens (including phenoxy) is 2. The van der Waals surface area contributed by atoms with Gasteiger partial charge in [-0.15, -0.1) is 0 Å². The van der Waals surface area contributed by atoms with Gasteiger partial charge >= 0.3 is 0 Å². The Labute approximate surface area is 140 Å². The molecule has 0 heterocycles. The third-order valence-corrected chi connectivity index (χ3v) is 4.31. The highest BCUT2D eigenvalue weighted by Crippen LogP contribution is 2.37. The fourth-order valence-corrected chi connectivity index (χ4v) is 3.05. The highest BCUT2D eigenvalue weighted by atomic mass is 35.5. The third kappa shape index (κ3) is 4.07. The molecule has 0 radical (unpaired) electrons. The summed E-state index contributed by atoms with van der Waals surface area (Å²) in [5.74, 6) is -0.238. The molecular weight excluding hydrogens is 320 g/mol. The maximum Gasteiger partial charge on any atom is 0.255 e. The highest BCUT2D eigenvalue weighted by Gasteiger charge is 2.25. The molecule has 1 fully saturated rings. The zero-order chi connectivity index (χ0) is 17.0. The van der Waals surface area contributed by atoms with Gasteiger partial charge in [0.1, 0.15) is 0 Å². The number of nitrogens with two attached hydrogens (primary N) is 1. The summed E-state index contributed by atoms with van der Waals surface area (Å²) in [5, 5.41) is 0.203. The molecule has 0 spiro atoms. The maximum absolute atomic E-state index is 12.6. The van der Waals surface area contributed by atoms with Crippen LogP contribution >= 0.6 is 11.6 Å². The predicted molar refractivity (Wildman–Crippen MR) is 87.0 cm³/mol. The van der Waals surface area contributed by atoms with E-state index in [1.54, 1.807) is 18.0 Å². The summed E-state index contributed by atoms with van der Waals surface area (Å²) < 4.78 is 10.5. The van der Waals surface area contributed by atoms with Crippen LogP contribution < -0.4 is 15.2 Å². The number of hydrogen-bond acceptors (Lipinski definition) is 4. The smallest absolute Gasteiger partial charge is 0.255 e. The van der Waals surface area contributed by atoms with Gasteiger partial charge in [-0.25, -0.2) is 0 Å². The SMILES string of the molecule is COc1cc(C(=O)N(C)C2CCCC2)cc(Cl)c1OCC(N)=O. The van der Waals surface area contributed by atoms with Gasteiger partial charge in [0, 0.05) is 18.7 Å². The molecule has 2 N–H and O–H groups in total. The molecule has 1 saturated carbocycles. The summed E-state index contributed by atoms with van der Waals surface area (Å²) in [4.78, 5) is 25.2. The second-order valence-corrected chi connectivity index (χ2v) is 6.01. The van der Waals surface area contributed by atoms with E-state index < -0.39 is 5.91 Å². The molecule has 7 heteroatoms. The lowest BCUT2D eigenvalue weighted by Gasteiger charge is -2.25. The van der Waals surface area contributed by atoms with Crippen molar-refractivity contribution in [3.63, 3.8) is 0 Å². The number of amides is 2. The van der Waals surface area contributed by atoms with Crippen LogP contribution in [0.1, 0.15) is 36.0 Å². The first-order chi connectivity index (χ1) is 10.9. The first kappa shape index (κ1) is 17.4. The fraction of sp³-hybridized carbons (Fsp3) is 0.500. The average Bonchev–Trinajstić information content (AvgIpc) is 3.05. The molecule has 2 rings (SSSR count). The van der Waals surface area contributed by atoms with E-state index in [2.05, 4.69) is 0 Å². The minimum atomic E-state index is -0.621. The van der Waals surface area contributed by atoms with Crippen LogP contribution in [0.3, 0.4) is 0 Å². The van der Waals surface area contributed by atoms with E-state index in [0.29, 0.717) is 11.3 Å². The van der Waals surface area contributed by atoms with Crippen molar-refractivity contribution in [1.82, 2.24) is 4.90 Å². The summed E-state index contributed by atoms with van der Waals surface area (Å²) in [5.41, 5.74) is 5.48. The molecule has 1 aromatic carbocycles. The number of rotatable bonds is 6. The number of nitrogens with zero attached hydrogens (tertiary/aromatic N) is 1. The number of primary amides is 1. The standard InChI is InChI=1S/C16H21ClN2O4/c1-19(11-5-3-4-6-11)16(21)10-7-12(17)15(13(8-10)22-2)23-9-14(18)20/h7-8,11H,3-6,9H2,1-2H3,(H2,18,20). The Balaban J connectivity index is 2.24. The summed E-state index contributed by atoms with van der Waals surface area (Å²) in [6, 6.07) is 3.35. The van der Waals surface area contributed by atoms with Gasteiger partial charge in [-0.2, -0.15) is 0 Å². The molecule has 1 aromatic rings. The Morgan fingerprint density at radius 1 is 1.35 bits per heavy atom. The number of methoxy groups -OCH3 is 1. The highest BCUT2D eigenvalue weighted by molar-refractivity contribution is 6.32. The maximum atomic E-state index is 12.6. The molecule has 0 aliphatic heterocycles. The Morgan fingerprint density at radius 3 is 2.57 bits per heavy atom. The van der Waals surface area contributed by atoms with Crippen molar-refractivity contribution in [3.05, 3.63) is 22.7 Å². The molecule has 0 saturated heterocycles. The van der Waals surface area contributed by atoms with Crippen molar-refractivity contribution < 1.29 is 19.1 Å². The van der Waals surface area contributed by atoms with E-state index in [1.165, 1.54) is 13.2 Å². The zero-order valence-corrected chi connectivity index (χ0v) is 14.1. The van der Waals surface area contributed by atoms with Crippen molar-refractivity contribution in [3.8, 4) is 11.5 Å². The fourth-order valence-electron chi connectivity index (χ4n) is 2.79. The van der Waals surface area contributed by atoms with Crippen molar-refractivity contribution in [2.75, 3.05) is 20.8 Å². The van der Waals surface area contributed by atoms with Crippen molar-refractivity contribution in [2.45, 2.75) is 31.7 Å². The quantitative estimate of drug-likeness (QED) is 0.860. The Morgan fingerprint density at radius 2 is 2.00 bits per heavy atom. The van der Waals surface area contributed by atoms with Gasteiger partial charge in [0.2, 0.25) is 0 Å². The molecule has 126 valence electrons. The molecule has 0 bridgehead atoms. The monoisotopic (exact) mass is 340 g/mol. The van der Waals surface area contributed by atoms with Crippen LogP contribution in [0, 0.1) is 0 Å². The minimum absolute atomic E-state index is 0.112. The topological polar surface area (TPSA) is 81.9 Å². The molecular formula is C16H21ClN2O4. The Hall–Kier alpha value is -1.95. The number of carbonyl (C=O) groups excluding carboxylic acids is 2. The number of hydrogen-bond donors (Lipinski definition) is 1. The Kier molecular flexibility index (Phi) is 5.71. The number of benzene rings is 1. The van der Waals surface area contributed by atoms with Crippen LogP contribution in [0.4, 0.5) is 0 Å². The van der Waals surface area contributed by atoms with Gasteiger partial charge in [0.15, 0.2) is 18.1 Å². The van der Waals surface area contributed by atoms with E-state index in [9.17, 15) is 9.59 Å². The van der Waals surface area contributed by atoms with Crippen LogP contribution in [0.15, 0.2) is 12.1 Å². The van der Waals surface area contributed by atoms with Crippen molar-refractivity contribution in [1.29, 1.82) is 0 Å². The van der Waals surface area contributed by atoms with Gasteiger partial charge in [-0.1, -0.05) is 24.4 Å². The molecule has 1 aliphatic carbocycles. The van der Waals surface area contributed by atoms with Gasteiger partial charge < -0.3 is 20.1 Å².